The van der Waals surface area contributed by atoms with Gasteiger partial charge in [0.15, 0.2) is 11.6 Å². The summed E-state index contributed by atoms with van der Waals surface area (Å²) >= 11 is 0. The van der Waals surface area contributed by atoms with Gasteiger partial charge in [0.05, 0.1) is 25.4 Å². The molecule has 0 spiro atoms. The maximum Gasteiger partial charge on any atom is 0.195 e. The van der Waals surface area contributed by atoms with Gasteiger partial charge in [0.25, 0.3) is 0 Å². The number of Topliss-reactive ketones (excluding diaryl/α,β-unsaturated/α-hetero) is 1. The Morgan fingerprint density at radius 1 is 1.26 bits per heavy atom. The van der Waals surface area contributed by atoms with E-state index >= 15 is 0 Å². The number of rotatable bonds is 6. The van der Waals surface area contributed by atoms with Gasteiger partial charge in [-0.15, -0.1) is 0 Å². The van der Waals surface area contributed by atoms with E-state index < -0.39 is 36.5 Å². The fourth-order valence-corrected chi connectivity index (χ4v) is 3.64. The number of halogens is 2. The van der Waals surface area contributed by atoms with Gasteiger partial charge >= 0.3 is 0 Å². The van der Waals surface area contributed by atoms with Gasteiger partial charge in [-0.3, -0.25) is 4.79 Å². The zero-order chi connectivity index (χ0) is 24.2. The molecule has 0 unspecified atom stereocenters. The average molecular weight is 468 g/mol. The molecule has 2 aromatic carbocycles. The quantitative estimate of drug-likeness (QED) is 0.427. The van der Waals surface area contributed by atoms with Gasteiger partial charge < -0.3 is 24.3 Å². The summed E-state index contributed by atoms with van der Waals surface area (Å²) in [6, 6.07) is 7.59. The number of aliphatic hydroxyl groups is 2. The van der Waals surface area contributed by atoms with Crippen molar-refractivity contribution in [1.82, 2.24) is 9.55 Å². The van der Waals surface area contributed by atoms with E-state index in [9.17, 15) is 23.8 Å². The normalized spacial score (nSPS) is 18.3. The van der Waals surface area contributed by atoms with Crippen molar-refractivity contribution < 1.29 is 33.3 Å². The van der Waals surface area contributed by atoms with Gasteiger partial charge in [0, 0.05) is 24.9 Å². The summed E-state index contributed by atoms with van der Waals surface area (Å²) in [6.45, 7) is 1.40. The minimum absolute atomic E-state index is 0.0804. The van der Waals surface area contributed by atoms with Crippen molar-refractivity contribution in [3.63, 3.8) is 0 Å². The lowest BCUT2D eigenvalue weighted by Crippen LogP contribution is -2.29. The Labute approximate surface area is 194 Å². The first kappa shape index (κ1) is 23.6. The second-order valence-corrected chi connectivity index (χ2v) is 7.78. The highest BCUT2D eigenvalue weighted by atomic mass is 19.1. The maximum absolute atomic E-state index is 14.8. The second kappa shape index (κ2) is 10.1. The van der Waals surface area contributed by atoms with Crippen LogP contribution in [0, 0.1) is 23.5 Å². The molecule has 3 aromatic rings. The molecule has 34 heavy (non-hydrogen) atoms. The van der Waals surface area contributed by atoms with Crippen molar-refractivity contribution >= 4 is 5.78 Å². The zero-order valence-corrected chi connectivity index (χ0v) is 18.2. The van der Waals surface area contributed by atoms with Crippen molar-refractivity contribution in [3.05, 3.63) is 71.8 Å². The molecule has 2 N–H and O–H groups in total. The highest BCUT2D eigenvalue weighted by Gasteiger charge is 2.28. The summed E-state index contributed by atoms with van der Waals surface area (Å²) in [7, 11) is 0. The summed E-state index contributed by atoms with van der Waals surface area (Å²) in [5, 5.41) is 19.4. The molecule has 0 radical (unpaired) electrons. The molecule has 176 valence electrons. The van der Waals surface area contributed by atoms with Crippen LogP contribution in [0.5, 0.6) is 5.75 Å². The molecule has 1 aromatic heterocycles. The molecule has 7 nitrogen and oxygen atoms in total. The highest BCUT2D eigenvalue weighted by molar-refractivity contribution is 5.90. The van der Waals surface area contributed by atoms with Gasteiger partial charge in [-0.1, -0.05) is 24.0 Å². The smallest absolute Gasteiger partial charge is 0.195 e. The maximum atomic E-state index is 14.8. The Morgan fingerprint density at radius 2 is 1.97 bits per heavy atom. The average Bonchev–Trinajstić information content (AvgIpc) is 3.45. The molecule has 2 heterocycles. The lowest BCUT2D eigenvalue weighted by molar-refractivity contribution is 0.0733. The minimum atomic E-state index is -0.802. The van der Waals surface area contributed by atoms with Crippen molar-refractivity contribution in [2.75, 3.05) is 19.8 Å². The second-order valence-electron chi connectivity index (χ2n) is 7.78. The van der Waals surface area contributed by atoms with E-state index in [-0.39, 0.29) is 35.9 Å². The van der Waals surface area contributed by atoms with Gasteiger partial charge in [0.1, 0.15) is 35.6 Å². The molecule has 0 amide bonds. The number of imidazole rings is 1. The van der Waals surface area contributed by atoms with Crippen LogP contribution in [0.2, 0.25) is 0 Å². The summed E-state index contributed by atoms with van der Waals surface area (Å²) in [5.41, 5.74) is 0.174. The largest absolute Gasteiger partial charge is 0.485 e. The number of benzene rings is 2. The van der Waals surface area contributed by atoms with E-state index in [0.717, 1.165) is 12.1 Å². The number of carbonyl (C=O) groups excluding carboxylic acids is 1. The Bertz CT molecular complexity index is 1220. The Hall–Kier alpha value is -3.58. The molecule has 0 saturated carbocycles. The van der Waals surface area contributed by atoms with E-state index in [1.54, 1.807) is 12.1 Å². The third kappa shape index (κ3) is 4.99. The fraction of sp³-hybridized carbons (Fsp3) is 0.280. The number of hydrogen-bond donors (Lipinski definition) is 2. The molecular weight excluding hydrogens is 446 g/mol. The van der Waals surface area contributed by atoms with E-state index in [0.29, 0.717) is 11.3 Å². The lowest BCUT2D eigenvalue weighted by Gasteiger charge is -2.15. The number of aliphatic hydroxyl groups excluding tert-OH is 2. The van der Waals surface area contributed by atoms with Crippen LogP contribution in [0.4, 0.5) is 8.78 Å². The molecular formula is C25H22F2N2O5. The summed E-state index contributed by atoms with van der Waals surface area (Å²) in [6.07, 6.45) is 1.70. The molecule has 1 aliphatic heterocycles. The summed E-state index contributed by atoms with van der Waals surface area (Å²) in [5.74, 6) is 4.07. The number of hydrogen-bond acceptors (Lipinski definition) is 6. The molecule has 3 atom stereocenters. The molecule has 4 rings (SSSR count). The first-order valence-corrected chi connectivity index (χ1v) is 10.6. The van der Waals surface area contributed by atoms with Crippen LogP contribution in [-0.4, -0.2) is 57.6 Å². The first-order valence-electron chi connectivity index (χ1n) is 10.6. The molecule has 0 bridgehead atoms. The van der Waals surface area contributed by atoms with E-state index in [1.165, 1.54) is 36.0 Å². The number of ketones is 1. The van der Waals surface area contributed by atoms with Crippen molar-refractivity contribution in [2.24, 2.45) is 0 Å². The zero-order valence-electron chi connectivity index (χ0n) is 18.2. The Morgan fingerprint density at radius 3 is 2.56 bits per heavy atom. The highest BCUT2D eigenvalue weighted by Crippen LogP contribution is 2.29. The Kier molecular flexibility index (Phi) is 7.03. The molecule has 1 aliphatic rings. The molecule has 0 aliphatic carbocycles. The van der Waals surface area contributed by atoms with E-state index in [2.05, 4.69) is 16.8 Å². The molecule has 1 saturated heterocycles. The van der Waals surface area contributed by atoms with Crippen LogP contribution >= 0.6 is 0 Å². The third-order valence-corrected chi connectivity index (χ3v) is 5.35. The topological polar surface area (TPSA) is 93.8 Å². The van der Waals surface area contributed by atoms with Crippen molar-refractivity contribution in [1.29, 1.82) is 0 Å². The van der Waals surface area contributed by atoms with Crippen LogP contribution < -0.4 is 4.74 Å². The van der Waals surface area contributed by atoms with Gasteiger partial charge in [-0.25, -0.2) is 13.8 Å². The van der Waals surface area contributed by atoms with Crippen molar-refractivity contribution in [3.8, 4) is 28.7 Å². The minimum Gasteiger partial charge on any atom is -0.485 e. The number of ether oxygens (including phenoxy) is 2. The van der Waals surface area contributed by atoms with E-state index in [4.69, 9.17) is 9.47 Å². The fourth-order valence-electron chi connectivity index (χ4n) is 3.64. The predicted molar refractivity (Wildman–Crippen MR) is 118 cm³/mol. The van der Waals surface area contributed by atoms with Gasteiger partial charge in [0.2, 0.25) is 0 Å². The predicted octanol–water partition coefficient (Wildman–Crippen LogP) is 2.75. The van der Waals surface area contributed by atoms with Crippen LogP contribution in [0.15, 0.2) is 48.8 Å². The van der Waals surface area contributed by atoms with Crippen LogP contribution in [0.3, 0.4) is 0 Å². The van der Waals surface area contributed by atoms with Crippen LogP contribution in [-0.2, 0) is 4.74 Å². The number of aromatic nitrogens is 2. The summed E-state index contributed by atoms with van der Waals surface area (Å²) < 4.78 is 41.9. The van der Waals surface area contributed by atoms with Crippen LogP contribution in [0.25, 0.3) is 11.1 Å². The van der Waals surface area contributed by atoms with Gasteiger partial charge in [-0.2, -0.15) is 0 Å². The third-order valence-electron chi connectivity index (χ3n) is 5.35. The summed E-state index contributed by atoms with van der Waals surface area (Å²) in [4.78, 5) is 15.6. The molecule has 9 heteroatoms. The number of carbonyl (C=O) groups is 1. The molecule has 1 fully saturated rings. The standard InChI is InChI=1S/C25H22F2N2O5/c1-15(31)25-28-8-9-29(25)18(12-30)5-2-16-10-20(26)24(21(27)11-16)17-3-6-19(7-4-17)34-23-14-33-13-22(23)32/h3-4,6-11,18,22-23,30,32H,12-14H2,1H3/t18-,22+,23+/m0/s1. The lowest BCUT2D eigenvalue weighted by atomic mass is 10.0. The van der Waals surface area contributed by atoms with Crippen LogP contribution in [0.1, 0.15) is 29.1 Å². The number of nitrogens with zero attached hydrogens (tertiary/aromatic N) is 2. The Balaban J connectivity index is 1.54. The monoisotopic (exact) mass is 468 g/mol. The van der Waals surface area contributed by atoms with Crippen molar-refractivity contribution in [2.45, 2.75) is 25.2 Å². The first-order chi connectivity index (χ1) is 16.4. The van der Waals surface area contributed by atoms with E-state index in [1.807, 2.05) is 0 Å². The van der Waals surface area contributed by atoms with Gasteiger partial charge in [-0.05, 0) is 29.8 Å². The SMILES string of the molecule is CC(=O)c1nccn1[C@@H](C#Cc1cc(F)c(-c2ccc(O[C@@H]3COC[C@H]3O)cc2)c(F)c1)CO.